The number of carbonyl (C=O) groups excluding carboxylic acids is 1. The molecular formula is C18H14Cl3NO2. The molecule has 3 rings (SSSR count). The van der Waals surface area contributed by atoms with Crippen LogP contribution in [0.4, 0.5) is 5.69 Å². The molecular weight excluding hydrogens is 369 g/mol. The number of furan rings is 1. The maximum Gasteiger partial charge on any atom is 0.228 e. The molecule has 24 heavy (non-hydrogen) atoms. The third-order valence-electron chi connectivity index (χ3n) is 3.85. The molecule has 0 saturated carbocycles. The zero-order valence-electron chi connectivity index (χ0n) is 13.0. The Labute approximate surface area is 154 Å². The van der Waals surface area contributed by atoms with E-state index in [9.17, 15) is 4.79 Å². The Kier molecular flexibility index (Phi) is 4.77. The van der Waals surface area contributed by atoms with E-state index < -0.39 is 0 Å². The molecule has 0 unspecified atom stereocenters. The largest absolute Gasteiger partial charge is 0.464 e. The highest BCUT2D eigenvalue weighted by molar-refractivity contribution is 6.42. The van der Waals surface area contributed by atoms with E-state index in [0.717, 1.165) is 27.7 Å². The lowest BCUT2D eigenvalue weighted by molar-refractivity contribution is -0.115. The van der Waals surface area contributed by atoms with Gasteiger partial charge in [-0.1, -0.05) is 34.8 Å². The number of aryl methyl sites for hydroxylation is 2. The summed E-state index contributed by atoms with van der Waals surface area (Å²) in [4.78, 5) is 12.3. The number of carbonyl (C=O) groups is 1. The van der Waals surface area contributed by atoms with Crippen LogP contribution >= 0.6 is 34.8 Å². The van der Waals surface area contributed by atoms with E-state index in [1.54, 1.807) is 24.5 Å². The smallest absolute Gasteiger partial charge is 0.228 e. The van der Waals surface area contributed by atoms with Crippen LogP contribution in [0.15, 0.2) is 34.9 Å². The minimum atomic E-state index is -0.174. The van der Waals surface area contributed by atoms with Gasteiger partial charge in [-0.25, -0.2) is 0 Å². The molecule has 6 heteroatoms. The van der Waals surface area contributed by atoms with Crippen molar-refractivity contribution in [1.29, 1.82) is 0 Å². The van der Waals surface area contributed by atoms with Crippen molar-refractivity contribution in [3.63, 3.8) is 0 Å². The number of anilines is 1. The highest BCUT2D eigenvalue weighted by Crippen LogP contribution is 2.33. The van der Waals surface area contributed by atoms with Gasteiger partial charge in [-0.05, 0) is 49.2 Å². The van der Waals surface area contributed by atoms with E-state index in [1.165, 1.54) is 0 Å². The Morgan fingerprint density at radius 1 is 1.12 bits per heavy atom. The minimum absolute atomic E-state index is 0.174. The molecule has 0 bridgehead atoms. The highest BCUT2D eigenvalue weighted by atomic mass is 35.5. The first-order chi connectivity index (χ1) is 11.4. The first-order valence-corrected chi connectivity index (χ1v) is 8.41. The number of nitrogens with one attached hydrogen (secondary N) is 1. The highest BCUT2D eigenvalue weighted by Gasteiger charge is 2.16. The summed E-state index contributed by atoms with van der Waals surface area (Å²) in [7, 11) is 0. The average molecular weight is 383 g/mol. The van der Waals surface area contributed by atoms with Crippen LogP contribution in [0.25, 0.3) is 11.0 Å². The molecule has 1 amide bonds. The molecule has 0 fully saturated rings. The van der Waals surface area contributed by atoms with Gasteiger partial charge in [0, 0.05) is 21.7 Å². The Morgan fingerprint density at radius 3 is 2.58 bits per heavy atom. The molecule has 0 radical (unpaired) electrons. The fourth-order valence-electron chi connectivity index (χ4n) is 2.69. The van der Waals surface area contributed by atoms with Gasteiger partial charge in [0.05, 0.1) is 22.7 Å². The molecule has 0 spiro atoms. The van der Waals surface area contributed by atoms with Crippen LogP contribution in [0.5, 0.6) is 0 Å². The van der Waals surface area contributed by atoms with Crippen molar-refractivity contribution in [3.05, 3.63) is 62.3 Å². The summed E-state index contributed by atoms with van der Waals surface area (Å²) in [5, 5.41) is 5.21. The quantitative estimate of drug-likeness (QED) is 0.586. The van der Waals surface area contributed by atoms with Crippen molar-refractivity contribution in [2.24, 2.45) is 0 Å². The van der Waals surface area contributed by atoms with E-state index in [2.05, 4.69) is 5.32 Å². The van der Waals surface area contributed by atoms with Crippen molar-refractivity contribution < 1.29 is 9.21 Å². The fourth-order valence-corrected chi connectivity index (χ4v) is 3.14. The van der Waals surface area contributed by atoms with E-state index in [0.29, 0.717) is 20.8 Å². The van der Waals surface area contributed by atoms with Gasteiger partial charge in [-0.2, -0.15) is 0 Å². The SMILES string of the molecule is Cc1cc2occ(CC(=O)Nc3ccc(Cl)c(Cl)c3)c2c(C)c1Cl. The molecule has 0 aliphatic carbocycles. The van der Waals surface area contributed by atoms with Crippen LogP contribution in [0.1, 0.15) is 16.7 Å². The molecule has 3 nitrogen and oxygen atoms in total. The zero-order valence-corrected chi connectivity index (χ0v) is 15.3. The second-order valence-electron chi connectivity index (χ2n) is 5.62. The summed E-state index contributed by atoms with van der Waals surface area (Å²) in [5.74, 6) is -0.174. The standard InChI is InChI=1S/C18H14Cl3NO2/c1-9-5-15-17(10(2)18(9)21)11(8-24-15)6-16(23)22-12-3-4-13(19)14(20)7-12/h3-5,7-8H,6H2,1-2H3,(H,22,23). The van der Waals surface area contributed by atoms with Crippen molar-refractivity contribution in [1.82, 2.24) is 0 Å². The molecule has 0 aliphatic rings. The molecule has 1 N–H and O–H groups in total. The second kappa shape index (κ2) is 6.67. The van der Waals surface area contributed by atoms with Crippen LogP contribution in [-0.2, 0) is 11.2 Å². The Bertz CT molecular complexity index is 947. The molecule has 0 atom stereocenters. The van der Waals surface area contributed by atoms with Crippen molar-refractivity contribution in [2.45, 2.75) is 20.3 Å². The average Bonchev–Trinajstić information content (AvgIpc) is 2.91. The van der Waals surface area contributed by atoms with E-state index >= 15 is 0 Å². The van der Waals surface area contributed by atoms with Crippen LogP contribution in [0.3, 0.4) is 0 Å². The fraction of sp³-hybridized carbons (Fsp3) is 0.167. The third-order valence-corrected chi connectivity index (χ3v) is 5.17. The van der Waals surface area contributed by atoms with Crippen molar-refractivity contribution in [2.75, 3.05) is 5.32 Å². The summed E-state index contributed by atoms with van der Waals surface area (Å²) < 4.78 is 5.57. The Hall–Kier alpha value is -1.68. The number of hydrogen-bond donors (Lipinski definition) is 1. The van der Waals surface area contributed by atoms with E-state index in [1.807, 2.05) is 19.9 Å². The lowest BCUT2D eigenvalue weighted by Gasteiger charge is -2.07. The number of fused-ring (bicyclic) bond motifs is 1. The lowest BCUT2D eigenvalue weighted by Crippen LogP contribution is -2.14. The predicted octanol–water partition coefficient (Wildman–Crippen LogP) is 6.19. The van der Waals surface area contributed by atoms with Gasteiger partial charge in [0.2, 0.25) is 5.91 Å². The summed E-state index contributed by atoms with van der Waals surface area (Å²) in [6, 6.07) is 6.83. The van der Waals surface area contributed by atoms with Gasteiger partial charge in [0.15, 0.2) is 0 Å². The molecule has 1 aromatic heterocycles. The third kappa shape index (κ3) is 3.25. The zero-order chi connectivity index (χ0) is 17.4. The molecule has 3 aromatic rings. The first-order valence-electron chi connectivity index (χ1n) is 7.27. The predicted molar refractivity (Wildman–Crippen MR) is 99.5 cm³/mol. The number of benzene rings is 2. The Balaban J connectivity index is 1.85. The van der Waals surface area contributed by atoms with Gasteiger partial charge in [-0.15, -0.1) is 0 Å². The maximum absolute atomic E-state index is 12.3. The van der Waals surface area contributed by atoms with Gasteiger partial charge in [0.25, 0.3) is 0 Å². The Morgan fingerprint density at radius 2 is 1.88 bits per heavy atom. The van der Waals surface area contributed by atoms with E-state index in [4.69, 9.17) is 39.2 Å². The van der Waals surface area contributed by atoms with E-state index in [-0.39, 0.29) is 12.3 Å². The number of hydrogen-bond acceptors (Lipinski definition) is 2. The summed E-state index contributed by atoms with van der Waals surface area (Å²) in [6.45, 7) is 3.85. The number of rotatable bonds is 3. The van der Waals surface area contributed by atoms with Crippen LogP contribution in [0, 0.1) is 13.8 Å². The summed E-state index contributed by atoms with van der Waals surface area (Å²) in [5.41, 5.74) is 3.97. The minimum Gasteiger partial charge on any atom is -0.464 e. The van der Waals surface area contributed by atoms with Gasteiger partial charge in [-0.3, -0.25) is 4.79 Å². The second-order valence-corrected chi connectivity index (χ2v) is 6.81. The normalized spacial score (nSPS) is 11.0. The molecule has 0 aliphatic heterocycles. The molecule has 1 heterocycles. The summed E-state index contributed by atoms with van der Waals surface area (Å²) >= 11 is 18.1. The number of halogens is 3. The first kappa shape index (κ1) is 17.2. The number of amides is 1. The molecule has 2 aromatic carbocycles. The molecule has 124 valence electrons. The van der Waals surface area contributed by atoms with Gasteiger partial charge >= 0.3 is 0 Å². The summed E-state index contributed by atoms with van der Waals surface area (Å²) in [6.07, 6.45) is 1.77. The van der Waals surface area contributed by atoms with Gasteiger partial charge in [0.1, 0.15) is 5.58 Å². The topological polar surface area (TPSA) is 42.2 Å². The van der Waals surface area contributed by atoms with Crippen molar-refractivity contribution >= 4 is 57.4 Å². The maximum atomic E-state index is 12.3. The van der Waals surface area contributed by atoms with Gasteiger partial charge < -0.3 is 9.73 Å². The monoisotopic (exact) mass is 381 g/mol. The van der Waals surface area contributed by atoms with Crippen molar-refractivity contribution in [3.8, 4) is 0 Å². The lowest BCUT2D eigenvalue weighted by atomic mass is 10.0. The molecule has 0 saturated heterocycles. The van der Waals surface area contributed by atoms with Crippen LogP contribution in [0.2, 0.25) is 15.1 Å². The van der Waals surface area contributed by atoms with Crippen LogP contribution < -0.4 is 5.32 Å². The van der Waals surface area contributed by atoms with Crippen LogP contribution in [-0.4, -0.2) is 5.91 Å².